The van der Waals surface area contributed by atoms with Crippen molar-refractivity contribution in [3.63, 3.8) is 0 Å². The number of hydrogen-bond acceptors (Lipinski definition) is 5. The van der Waals surface area contributed by atoms with Crippen molar-refractivity contribution in [2.24, 2.45) is 5.73 Å². The molecule has 0 aromatic carbocycles. The molecule has 0 aliphatic rings. The van der Waals surface area contributed by atoms with Gasteiger partial charge in [-0.25, -0.2) is 13.1 Å². The van der Waals surface area contributed by atoms with Crippen LogP contribution in [0.15, 0.2) is 16.5 Å². The van der Waals surface area contributed by atoms with E-state index in [1.807, 2.05) is 6.92 Å². The van der Waals surface area contributed by atoms with Crippen molar-refractivity contribution in [2.75, 3.05) is 0 Å². The van der Waals surface area contributed by atoms with E-state index in [4.69, 9.17) is 5.73 Å². The molecular formula is C11H16N4O2S2. The molecular weight excluding hydrogens is 284 g/mol. The van der Waals surface area contributed by atoms with E-state index in [1.165, 1.54) is 11.3 Å². The average molecular weight is 300 g/mol. The minimum absolute atomic E-state index is 0.212. The second-order valence-corrected chi connectivity index (χ2v) is 6.89. The van der Waals surface area contributed by atoms with Gasteiger partial charge in [0.2, 0.25) is 10.0 Å². The Kier molecular flexibility index (Phi) is 4.04. The number of aryl methyl sites for hydroxylation is 2. The molecule has 6 nitrogen and oxygen atoms in total. The van der Waals surface area contributed by atoms with Gasteiger partial charge < -0.3 is 5.73 Å². The van der Waals surface area contributed by atoms with Crippen molar-refractivity contribution in [3.8, 4) is 0 Å². The lowest BCUT2D eigenvalue weighted by atomic mass is 10.3. The van der Waals surface area contributed by atoms with Crippen molar-refractivity contribution < 1.29 is 8.42 Å². The Morgan fingerprint density at radius 2 is 2.21 bits per heavy atom. The molecule has 0 spiro atoms. The maximum absolute atomic E-state index is 12.3. The van der Waals surface area contributed by atoms with E-state index in [9.17, 15) is 8.42 Å². The zero-order valence-corrected chi connectivity index (χ0v) is 12.4. The lowest BCUT2D eigenvalue weighted by Crippen LogP contribution is -2.24. The van der Waals surface area contributed by atoms with E-state index in [1.54, 1.807) is 18.5 Å². The number of sulfonamides is 1. The fourth-order valence-corrected chi connectivity index (χ4v) is 4.49. The molecule has 0 saturated heterocycles. The summed E-state index contributed by atoms with van der Waals surface area (Å²) in [6, 6.07) is 0. The second-order valence-electron chi connectivity index (χ2n) is 4.22. The zero-order valence-electron chi connectivity index (χ0n) is 10.7. The van der Waals surface area contributed by atoms with Crippen molar-refractivity contribution in [2.45, 2.75) is 31.8 Å². The van der Waals surface area contributed by atoms with E-state index in [0.717, 1.165) is 16.8 Å². The fourth-order valence-electron chi connectivity index (χ4n) is 1.79. The van der Waals surface area contributed by atoms with E-state index >= 15 is 0 Å². The highest BCUT2D eigenvalue weighted by molar-refractivity contribution is 7.89. The van der Waals surface area contributed by atoms with E-state index in [-0.39, 0.29) is 13.1 Å². The molecule has 2 rings (SSSR count). The highest BCUT2D eigenvalue weighted by atomic mass is 32.2. The molecule has 0 bridgehead atoms. The molecule has 0 atom stereocenters. The number of rotatable bonds is 5. The van der Waals surface area contributed by atoms with Gasteiger partial charge in [0.25, 0.3) is 0 Å². The zero-order chi connectivity index (χ0) is 14.0. The summed E-state index contributed by atoms with van der Waals surface area (Å²) in [7, 11) is -3.54. The van der Waals surface area contributed by atoms with Gasteiger partial charge in [-0.05, 0) is 24.8 Å². The summed E-state index contributed by atoms with van der Waals surface area (Å²) in [5.41, 5.74) is 7.98. The van der Waals surface area contributed by atoms with Crippen LogP contribution in [-0.2, 0) is 23.1 Å². The molecule has 0 amide bonds. The first kappa shape index (κ1) is 14.2. The first-order chi connectivity index (χ1) is 8.95. The van der Waals surface area contributed by atoms with Gasteiger partial charge in [0, 0.05) is 29.2 Å². The van der Waals surface area contributed by atoms with Crippen LogP contribution >= 0.6 is 11.3 Å². The summed E-state index contributed by atoms with van der Waals surface area (Å²) in [6.07, 6.45) is 1.61. The number of aromatic amines is 1. The molecule has 0 radical (unpaired) electrons. The SMILES string of the molecule is Cc1csc(CN)c1S(=O)(=O)NCc1cn[nH]c1C. The fraction of sp³-hybridized carbons (Fsp3) is 0.364. The average Bonchev–Trinajstić information content (AvgIpc) is 2.93. The predicted molar refractivity (Wildman–Crippen MR) is 74.3 cm³/mol. The van der Waals surface area contributed by atoms with E-state index in [2.05, 4.69) is 14.9 Å². The number of nitrogens with zero attached hydrogens (tertiary/aromatic N) is 1. The molecule has 0 fully saturated rings. The van der Waals surface area contributed by atoms with Crippen LogP contribution < -0.4 is 10.5 Å². The maximum Gasteiger partial charge on any atom is 0.242 e. The van der Waals surface area contributed by atoms with E-state index in [0.29, 0.717) is 9.77 Å². The Hall–Kier alpha value is -1.22. The number of hydrogen-bond donors (Lipinski definition) is 3. The van der Waals surface area contributed by atoms with E-state index < -0.39 is 10.0 Å². The molecule has 2 aromatic heterocycles. The summed E-state index contributed by atoms with van der Waals surface area (Å²) in [6.45, 7) is 4.05. The van der Waals surface area contributed by atoms with Gasteiger partial charge in [-0.2, -0.15) is 5.10 Å². The van der Waals surface area contributed by atoms with Crippen molar-refractivity contribution in [1.29, 1.82) is 0 Å². The normalized spacial score (nSPS) is 11.9. The largest absolute Gasteiger partial charge is 0.326 e. The van der Waals surface area contributed by atoms with Crippen LogP contribution in [0.2, 0.25) is 0 Å². The number of thiophene rings is 1. The molecule has 0 unspecified atom stereocenters. The third-order valence-electron chi connectivity index (χ3n) is 2.83. The van der Waals surface area contributed by atoms with Gasteiger partial charge in [-0.1, -0.05) is 0 Å². The predicted octanol–water partition coefficient (Wildman–Crippen LogP) is 1.03. The number of H-pyrrole nitrogens is 1. The first-order valence-electron chi connectivity index (χ1n) is 5.71. The maximum atomic E-state index is 12.3. The Balaban J connectivity index is 2.23. The van der Waals surface area contributed by atoms with Crippen LogP contribution in [0.3, 0.4) is 0 Å². The van der Waals surface area contributed by atoms with Gasteiger partial charge in [-0.15, -0.1) is 11.3 Å². The monoisotopic (exact) mass is 300 g/mol. The molecule has 19 heavy (non-hydrogen) atoms. The van der Waals surface area contributed by atoms with Crippen LogP contribution in [-0.4, -0.2) is 18.6 Å². The van der Waals surface area contributed by atoms with Crippen molar-refractivity contribution >= 4 is 21.4 Å². The smallest absolute Gasteiger partial charge is 0.242 e. The van der Waals surface area contributed by atoms with Crippen LogP contribution in [0, 0.1) is 13.8 Å². The van der Waals surface area contributed by atoms with Crippen LogP contribution in [0.5, 0.6) is 0 Å². The summed E-state index contributed by atoms with van der Waals surface area (Å²) in [5.74, 6) is 0. The van der Waals surface area contributed by atoms with Crippen LogP contribution in [0.25, 0.3) is 0 Å². The highest BCUT2D eigenvalue weighted by Crippen LogP contribution is 2.26. The lowest BCUT2D eigenvalue weighted by Gasteiger charge is -2.08. The quantitative estimate of drug-likeness (QED) is 0.767. The Morgan fingerprint density at radius 3 is 2.79 bits per heavy atom. The Labute approximate surface area is 116 Å². The number of aromatic nitrogens is 2. The van der Waals surface area contributed by atoms with Gasteiger partial charge in [0.1, 0.15) is 4.90 Å². The minimum atomic E-state index is -3.54. The third-order valence-corrected chi connectivity index (χ3v) is 5.72. The summed E-state index contributed by atoms with van der Waals surface area (Å²) < 4.78 is 27.2. The van der Waals surface area contributed by atoms with Gasteiger partial charge in [0.05, 0.1) is 6.20 Å². The molecule has 2 heterocycles. The Morgan fingerprint density at radius 1 is 1.47 bits per heavy atom. The summed E-state index contributed by atoms with van der Waals surface area (Å²) >= 11 is 1.37. The van der Waals surface area contributed by atoms with Crippen LogP contribution in [0.1, 0.15) is 21.7 Å². The molecule has 2 aromatic rings. The topological polar surface area (TPSA) is 101 Å². The molecule has 0 saturated carbocycles. The molecule has 4 N–H and O–H groups in total. The van der Waals surface area contributed by atoms with Gasteiger partial charge in [-0.3, -0.25) is 5.10 Å². The minimum Gasteiger partial charge on any atom is -0.326 e. The van der Waals surface area contributed by atoms with Crippen LogP contribution in [0.4, 0.5) is 0 Å². The summed E-state index contributed by atoms with van der Waals surface area (Å²) in [4.78, 5) is 0.982. The first-order valence-corrected chi connectivity index (χ1v) is 8.07. The standard InChI is InChI=1S/C11H16N4O2S2/c1-7-6-18-10(3-12)11(7)19(16,17)14-5-9-4-13-15-8(9)2/h4,6,14H,3,5,12H2,1-2H3,(H,13,15). The Bertz CT molecular complexity index is 673. The second kappa shape index (κ2) is 5.41. The highest BCUT2D eigenvalue weighted by Gasteiger charge is 2.22. The lowest BCUT2D eigenvalue weighted by molar-refractivity contribution is 0.580. The van der Waals surface area contributed by atoms with Gasteiger partial charge >= 0.3 is 0 Å². The van der Waals surface area contributed by atoms with Crippen molar-refractivity contribution in [1.82, 2.24) is 14.9 Å². The third kappa shape index (κ3) is 2.86. The van der Waals surface area contributed by atoms with Crippen molar-refractivity contribution in [3.05, 3.63) is 33.3 Å². The summed E-state index contributed by atoms with van der Waals surface area (Å²) in [5, 5.41) is 8.43. The molecule has 0 aliphatic heterocycles. The number of nitrogens with one attached hydrogen (secondary N) is 2. The molecule has 0 aliphatic carbocycles. The molecule has 8 heteroatoms. The molecule has 104 valence electrons. The van der Waals surface area contributed by atoms with Gasteiger partial charge in [0.15, 0.2) is 0 Å². The number of nitrogens with two attached hydrogens (primary N) is 1.